The molecule has 1 N–H and O–H groups in total. The Hall–Kier alpha value is -0.490. The summed E-state index contributed by atoms with van der Waals surface area (Å²) in [5, 5.41) is 2.80. The van der Waals surface area contributed by atoms with Gasteiger partial charge in [0.1, 0.15) is 11.6 Å². The van der Waals surface area contributed by atoms with Crippen molar-refractivity contribution >= 4 is 38.9 Å². The van der Waals surface area contributed by atoms with Crippen molar-refractivity contribution in [3.05, 3.63) is 54.6 Å². The molecule has 1 aromatic carbocycles. The molecule has 0 saturated carbocycles. The average molecular weight is 367 g/mol. The number of halogens is 4. The predicted octanol–water partition coefficient (Wildman–Crippen LogP) is 5.06. The van der Waals surface area contributed by atoms with Gasteiger partial charge >= 0.3 is 0 Å². The monoisotopic (exact) mass is 365 g/mol. The highest BCUT2D eigenvalue weighted by atomic mass is 79.9. The zero-order valence-electron chi connectivity index (χ0n) is 10.2. The van der Waals surface area contributed by atoms with Crippen LogP contribution in [0.2, 0.25) is 5.02 Å². The van der Waals surface area contributed by atoms with Gasteiger partial charge in [-0.1, -0.05) is 11.6 Å². The first kappa shape index (κ1) is 14.9. The number of thiophene rings is 1. The molecule has 6 heteroatoms. The summed E-state index contributed by atoms with van der Waals surface area (Å²) in [6.45, 7) is 1.96. The van der Waals surface area contributed by atoms with E-state index in [0.29, 0.717) is 0 Å². The summed E-state index contributed by atoms with van der Waals surface area (Å²) in [7, 11) is 1.71. The van der Waals surface area contributed by atoms with Crippen molar-refractivity contribution in [3.63, 3.8) is 0 Å². The fourth-order valence-electron chi connectivity index (χ4n) is 1.89. The van der Waals surface area contributed by atoms with Crippen molar-refractivity contribution in [1.82, 2.24) is 5.32 Å². The molecule has 2 rings (SSSR count). The second kappa shape index (κ2) is 5.87. The molecular weight excluding hydrogens is 356 g/mol. The highest BCUT2D eigenvalue weighted by Gasteiger charge is 2.22. The molecule has 0 amide bonds. The summed E-state index contributed by atoms with van der Waals surface area (Å²) in [6, 6.07) is 3.68. The summed E-state index contributed by atoms with van der Waals surface area (Å²) >= 11 is 10.5. The molecule has 0 aliphatic rings. The summed E-state index contributed by atoms with van der Waals surface area (Å²) in [6.07, 6.45) is 0. The second-order valence-electron chi connectivity index (χ2n) is 4.08. The van der Waals surface area contributed by atoms with Crippen LogP contribution in [0.4, 0.5) is 8.78 Å². The molecule has 1 unspecified atom stereocenters. The largest absolute Gasteiger partial charge is 0.309 e. The van der Waals surface area contributed by atoms with Crippen LogP contribution in [-0.2, 0) is 0 Å². The number of benzene rings is 1. The third kappa shape index (κ3) is 2.99. The van der Waals surface area contributed by atoms with E-state index in [1.807, 2.05) is 13.0 Å². The van der Waals surface area contributed by atoms with Crippen LogP contribution in [0.5, 0.6) is 0 Å². The van der Waals surface area contributed by atoms with Crippen LogP contribution in [0.1, 0.15) is 21.4 Å². The Bertz CT molecular complexity index is 615. The average Bonchev–Trinajstić information content (AvgIpc) is 2.66. The van der Waals surface area contributed by atoms with E-state index in [2.05, 4.69) is 21.2 Å². The van der Waals surface area contributed by atoms with Crippen molar-refractivity contribution in [2.45, 2.75) is 13.0 Å². The van der Waals surface area contributed by atoms with E-state index in [1.165, 1.54) is 11.3 Å². The summed E-state index contributed by atoms with van der Waals surface area (Å²) in [4.78, 5) is 2.00. The topological polar surface area (TPSA) is 12.0 Å². The fourth-order valence-corrected chi connectivity index (χ4v) is 4.04. The molecule has 1 nitrogen and oxygen atoms in total. The molecule has 0 fully saturated rings. The summed E-state index contributed by atoms with van der Waals surface area (Å²) < 4.78 is 28.4. The minimum absolute atomic E-state index is 0.211. The number of aryl methyl sites for hydroxylation is 1. The number of hydrogen-bond donors (Lipinski definition) is 1. The molecule has 0 aliphatic carbocycles. The van der Waals surface area contributed by atoms with Crippen molar-refractivity contribution < 1.29 is 8.78 Å². The highest BCUT2D eigenvalue weighted by molar-refractivity contribution is 9.10. The van der Waals surface area contributed by atoms with Crippen molar-refractivity contribution in [3.8, 4) is 0 Å². The van der Waals surface area contributed by atoms with Gasteiger partial charge in [-0.15, -0.1) is 11.3 Å². The molecule has 0 saturated heterocycles. The lowest BCUT2D eigenvalue weighted by Gasteiger charge is -2.17. The van der Waals surface area contributed by atoms with Crippen LogP contribution < -0.4 is 5.32 Å². The molecule has 0 spiro atoms. The molecule has 0 aliphatic heterocycles. The van der Waals surface area contributed by atoms with Gasteiger partial charge in [0.25, 0.3) is 0 Å². The van der Waals surface area contributed by atoms with E-state index in [9.17, 15) is 8.78 Å². The first-order valence-corrected chi connectivity index (χ1v) is 7.50. The highest BCUT2D eigenvalue weighted by Crippen LogP contribution is 2.37. The van der Waals surface area contributed by atoms with Crippen LogP contribution in [0.25, 0.3) is 0 Å². The third-order valence-electron chi connectivity index (χ3n) is 2.74. The van der Waals surface area contributed by atoms with Crippen LogP contribution in [-0.4, -0.2) is 7.05 Å². The van der Waals surface area contributed by atoms with Gasteiger partial charge in [0.15, 0.2) is 0 Å². The fraction of sp³-hybridized carbons (Fsp3) is 0.231. The lowest BCUT2D eigenvalue weighted by Crippen LogP contribution is -2.18. The SMILES string of the molecule is CNC(c1cc(F)c(Cl)cc1F)c1sc(C)cc1Br. The third-order valence-corrected chi connectivity index (χ3v) is 5.06. The van der Waals surface area contributed by atoms with E-state index < -0.39 is 17.7 Å². The van der Waals surface area contributed by atoms with Crippen molar-refractivity contribution in [2.75, 3.05) is 7.05 Å². The number of nitrogens with one attached hydrogen (secondary N) is 1. The lowest BCUT2D eigenvalue weighted by molar-refractivity contribution is 0.560. The van der Waals surface area contributed by atoms with E-state index in [-0.39, 0.29) is 10.6 Å². The summed E-state index contributed by atoms with van der Waals surface area (Å²) in [5.41, 5.74) is 0.243. The molecule has 0 radical (unpaired) electrons. The Morgan fingerprint density at radius 2 is 1.95 bits per heavy atom. The Labute approximate surface area is 127 Å². The lowest BCUT2D eigenvalue weighted by atomic mass is 10.0. The van der Waals surface area contributed by atoms with E-state index >= 15 is 0 Å². The maximum atomic E-state index is 14.0. The predicted molar refractivity (Wildman–Crippen MR) is 79.0 cm³/mol. The standard InChI is InChI=1S/C13H11BrClF2NS/c1-6-3-8(14)13(19-6)12(18-2)7-4-11(17)9(15)5-10(7)16/h3-5,12,18H,1-2H3. The molecule has 0 bridgehead atoms. The van der Waals surface area contributed by atoms with Crippen molar-refractivity contribution in [1.29, 1.82) is 0 Å². The van der Waals surface area contributed by atoms with E-state index in [0.717, 1.165) is 26.4 Å². The zero-order valence-corrected chi connectivity index (χ0v) is 13.4. The van der Waals surface area contributed by atoms with Gasteiger partial charge in [0.05, 0.1) is 11.1 Å². The Morgan fingerprint density at radius 1 is 1.26 bits per heavy atom. The minimum atomic E-state index is -0.622. The van der Waals surface area contributed by atoms with E-state index in [1.54, 1.807) is 7.05 Å². The molecule has 19 heavy (non-hydrogen) atoms. The first-order valence-electron chi connectivity index (χ1n) is 5.51. The Kier molecular flexibility index (Phi) is 4.61. The van der Waals surface area contributed by atoms with Gasteiger partial charge in [-0.2, -0.15) is 0 Å². The summed E-state index contributed by atoms with van der Waals surface area (Å²) in [5.74, 6) is -1.15. The Morgan fingerprint density at radius 3 is 2.47 bits per heavy atom. The van der Waals surface area contributed by atoms with E-state index in [4.69, 9.17) is 11.6 Å². The van der Waals surface area contributed by atoms with Crippen LogP contribution in [0.3, 0.4) is 0 Å². The van der Waals surface area contributed by atoms with Crippen LogP contribution in [0, 0.1) is 18.6 Å². The van der Waals surface area contributed by atoms with Gasteiger partial charge in [-0.05, 0) is 48.1 Å². The smallest absolute Gasteiger partial charge is 0.142 e. The normalized spacial score (nSPS) is 12.7. The zero-order chi connectivity index (χ0) is 14.2. The van der Waals surface area contributed by atoms with Gasteiger partial charge in [0, 0.05) is 19.8 Å². The van der Waals surface area contributed by atoms with Gasteiger partial charge in [0.2, 0.25) is 0 Å². The van der Waals surface area contributed by atoms with Crippen LogP contribution in [0.15, 0.2) is 22.7 Å². The minimum Gasteiger partial charge on any atom is -0.309 e. The van der Waals surface area contributed by atoms with Crippen LogP contribution >= 0.6 is 38.9 Å². The Balaban J connectivity index is 2.54. The number of hydrogen-bond acceptors (Lipinski definition) is 2. The first-order chi connectivity index (χ1) is 8.93. The van der Waals surface area contributed by atoms with Gasteiger partial charge in [-0.3, -0.25) is 0 Å². The molecule has 1 aromatic heterocycles. The molecular formula is C13H11BrClF2NS. The molecule has 102 valence electrons. The van der Waals surface area contributed by atoms with Gasteiger partial charge in [-0.25, -0.2) is 8.78 Å². The molecule has 2 aromatic rings. The maximum Gasteiger partial charge on any atom is 0.142 e. The quantitative estimate of drug-likeness (QED) is 0.749. The van der Waals surface area contributed by atoms with Crippen molar-refractivity contribution in [2.24, 2.45) is 0 Å². The maximum absolute atomic E-state index is 14.0. The molecule has 1 atom stereocenters. The second-order valence-corrected chi connectivity index (χ2v) is 6.63. The molecule has 1 heterocycles. The van der Waals surface area contributed by atoms with Gasteiger partial charge < -0.3 is 5.32 Å². The number of rotatable bonds is 3.